The van der Waals surface area contributed by atoms with Crippen molar-refractivity contribution in [2.75, 3.05) is 19.6 Å². The fraction of sp³-hybridized carbons (Fsp3) is 0.421. The van der Waals surface area contributed by atoms with Crippen molar-refractivity contribution >= 4 is 40.6 Å². The van der Waals surface area contributed by atoms with Gasteiger partial charge in [-0.2, -0.15) is 0 Å². The number of benzene rings is 1. The fourth-order valence-corrected chi connectivity index (χ4v) is 3.33. The van der Waals surface area contributed by atoms with Gasteiger partial charge < -0.3 is 15.5 Å². The SMILES string of the molecule is Cc1ccc(C(=O)N2CCN(C(=N)C(=S)N=C(N)C3CCC3)C(=N)C2)cc1F. The summed E-state index contributed by atoms with van der Waals surface area (Å²) in [6.45, 7) is 2.19. The second-order valence-corrected chi connectivity index (χ2v) is 7.49. The molecule has 1 amide bonds. The molecule has 4 N–H and O–H groups in total. The molecule has 1 saturated carbocycles. The van der Waals surface area contributed by atoms with Gasteiger partial charge in [0.1, 0.15) is 17.5 Å². The summed E-state index contributed by atoms with van der Waals surface area (Å²) in [6, 6.07) is 4.34. The lowest BCUT2D eigenvalue weighted by Crippen LogP contribution is -2.55. The molecule has 0 radical (unpaired) electrons. The molecule has 7 nitrogen and oxygen atoms in total. The van der Waals surface area contributed by atoms with Crippen molar-refractivity contribution in [3.05, 3.63) is 35.1 Å². The normalized spacial score (nSPS) is 18.1. The molecule has 2 fully saturated rings. The zero-order valence-corrected chi connectivity index (χ0v) is 16.5. The number of thiocarbonyl (C=S) groups is 1. The van der Waals surface area contributed by atoms with Crippen molar-refractivity contribution in [1.82, 2.24) is 9.80 Å². The van der Waals surface area contributed by atoms with Crippen LogP contribution < -0.4 is 5.73 Å². The molecule has 0 aromatic heterocycles. The number of hydrogen-bond acceptors (Lipinski definition) is 4. The number of nitrogens with two attached hydrogens (primary N) is 1. The van der Waals surface area contributed by atoms with Crippen LogP contribution in [0.15, 0.2) is 23.2 Å². The van der Waals surface area contributed by atoms with Crippen LogP contribution in [0.2, 0.25) is 0 Å². The van der Waals surface area contributed by atoms with Crippen molar-refractivity contribution in [2.24, 2.45) is 16.6 Å². The Hall–Kier alpha value is -2.68. The van der Waals surface area contributed by atoms with Crippen LogP contribution >= 0.6 is 12.2 Å². The standard InChI is InChI=1S/C19H23FN6OS/c1-11-5-6-13(9-14(11)20)19(27)25-7-8-26(15(21)10-25)17(23)18(28)24-16(22)12-3-2-4-12/h5-6,9,12,21,23H,2-4,7-8,10H2,1H3,(H2,22,24,28). The molecule has 28 heavy (non-hydrogen) atoms. The van der Waals surface area contributed by atoms with Crippen LogP contribution in [0.3, 0.4) is 0 Å². The number of amides is 1. The number of piperazine rings is 1. The Kier molecular flexibility index (Phi) is 5.83. The maximum absolute atomic E-state index is 13.7. The summed E-state index contributed by atoms with van der Waals surface area (Å²) in [5.74, 6) is -0.0942. The topological polar surface area (TPSA) is 110 Å². The van der Waals surface area contributed by atoms with E-state index in [4.69, 9.17) is 28.8 Å². The molecule has 0 spiro atoms. The minimum atomic E-state index is -0.436. The number of amidine groups is 3. The third kappa shape index (κ3) is 4.09. The average Bonchev–Trinajstić information content (AvgIpc) is 2.61. The molecule has 1 aromatic rings. The molecule has 148 valence electrons. The lowest BCUT2D eigenvalue weighted by Gasteiger charge is -2.36. The van der Waals surface area contributed by atoms with Gasteiger partial charge in [-0.25, -0.2) is 9.38 Å². The summed E-state index contributed by atoms with van der Waals surface area (Å²) >= 11 is 5.21. The lowest BCUT2D eigenvalue weighted by atomic mass is 9.84. The van der Waals surface area contributed by atoms with E-state index >= 15 is 0 Å². The molecule has 2 aliphatic rings. The van der Waals surface area contributed by atoms with Crippen LogP contribution in [0.4, 0.5) is 4.39 Å². The predicted molar refractivity (Wildman–Crippen MR) is 111 cm³/mol. The largest absolute Gasteiger partial charge is 0.387 e. The van der Waals surface area contributed by atoms with Crippen molar-refractivity contribution in [3.63, 3.8) is 0 Å². The zero-order chi connectivity index (χ0) is 20.4. The molecule has 9 heteroatoms. The highest BCUT2D eigenvalue weighted by molar-refractivity contribution is 7.82. The summed E-state index contributed by atoms with van der Waals surface area (Å²) < 4.78 is 13.7. The van der Waals surface area contributed by atoms with Gasteiger partial charge in [0.25, 0.3) is 5.91 Å². The number of nitrogens with one attached hydrogen (secondary N) is 2. The number of hydrogen-bond donors (Lipinski definition) is 3. The fourth-order valence-electron chi connectivity index (χ4n) is 3.11. The Bertz CT molecular complexity index is 879. The van der Waals surface area contributed by atoms with Crippen LogP contribution in [0.25, 0.3) is 0 Å². The minimum Gasteiger partial charge on any atom is -0.387 e. The molecule has 3 rings (SSSR count). The van der Waals surface area contributed by atoms with Gasteiger partial charge in [-0.15, -0.1) is 0 Å². The molecule has 0 bridgehead atoms. The van der Waals surface area contributed by atoms with E-state index in [1.807, 2.05) is 0 Å². The maximum Gasteiger partial charge on any atom is 0.254 e. The van der Waals surface area contributed by atoms with Crippen LogP contribution in [0, 0.1) is 29.5 Å². The second-order valence-electron chi connectivity index (χ2n) is 7.11. The van der Waals surface area contributed by atoms with E-state index in [-0.39, 0.29) is 47.1 Å². The monoisotopic (exact) mass is 402 g/mol. The van der Waals surface area contributed by atoms with Gasteiger partial charge in [-0.05, 0) is 37.5 Å². The molecule has 1 saturated heterocycles. The van der Waals surface area contributed by atoms with Gasteiger partial charge in [0.15, 0.2) is 10.8 Å². The molecular weight excluding hydrogens is 379 g/mol. The van der Waals surface area contributed by atoms with E-state index < -0.39 is 5.82 Å². The van der Waals surface area contributed by atoms with Crippen LogP contribution in [-0.2, 0) is 0 Å². The van der Waals surface area contributed by atoms with Crippen molar-refractivity contribution < 1.29 is 9.18 Å². The first-order valence-corrected chi connectivity index (χ1v) is 9.56. The van der Waals surface area contributed by atoms with Gasteiger partial charge in [0.2, 0.25) is 0 Å². The average molecular weight is 402 g/mol. The molecular formula is C19H23FN6OS. The molecule has 0 unspecified atom stereocenters. The Balaban J connectivity index is 1.63. The van der Waals surface area contributed by atoms with E-state index in [9.17, 15) is 9.18 Å². The zero-order valence-electron chi connectivity index (χ0n) is 15.7. The highest BCUT2D eigenvalue weighted by Crippen LogP contribution is 2.26. The first-order valence-electron chi connectivity index (χ1n) is 9.15. The van der Waals surface area contributed by atoms with Crippen LogP contribution in [-0.4, -0.2) is 57.8 Å². The van der Waals surface area contributed by atoms with Crippen molar-refractivity contribution in [1.29, 1.82) is 10.8 Å². The van der Waals surface area contributed by atoms with Gasteiger partial charge in [-0.3, -0.25) is 15.6 Å². The van der Waals surface area contributed by atoms with E-state index in [0.717, 1.165) is 19.3 Å². The number of halogens is 1. The van der Waals surface area contributed by atoms with Gasteiger partial charge in [0, 0.05) is 24.6 Å². The van der Waals surface area contributed by atoms with Crippen LogP contribution in [0.1, 0.15) is 35.2 Å². The quantitative estimate of drug-likeness (QED) is 0.401. The maximum atomic E-state index is 13.7. The first-order chi connectivity index (χ1) is 13.3. The molecule has 1 heterocycles. The summed E-state index contributed by atoms with van der Waals surface area (Å²) in [5.41, 5.74) is 6.65. The summed E-state index contributed by atoms with van der Waals surface area (Å²) in [7, 11) is 0. The lowest BCUT2D eigenvalue weighted by molar-refractivity contribution is 0.0757. The molecule has 1 aromatic carbocycles. The number of carbonyl (C=O) groups is 1. The summed E-state index contributed by atoms with van der Waals surface area (Å²) in [4.78, 5) is 19.7. The number of aryl methyl sites for hydroxylation is 1. The Morgan fingerprint density at radius 3 is 2.64 bits per heavy atom. The molecule has 1 aliphatic heterocycles. The van der Waals surface area contributed by atoms with E-state index in [0.29, 0.717) is 17.9 Å². The number of rotatable bonds is 2. The van der Waals surface area contributed by atoms with Gasteiger partial charge >= 0.3 is 0 Å². The summed E-state index contributed by atoms with van der Waals surface area (Å²) in [6.07, 6.45) is 3.10. The Morgan fingerprint density at radius 2 is 2.07 bits per heavy atom. The highest BCUT2D eigenvalue weighted by Gasteiger charge is 2.30. The van der Waals surface area contributed by atoms with Crippen LogP contribution in [0.5, 0.6) is 0 Å². The minimum absolute atomic E-state index is 0.0150. The number of aliphatic imine (C=N–C) groups is 1. The van der Waals surface area contributed by atoms with Crippen molar-refractivity contribution in [2.45, 2.75) is 26.2 Å². The van der Waals surface area contributed by atoms with E-state index in [2.05, 4.69) is 4.99 Å². The predicted octanol–water partition coefficient (Wildman–Crippen LogP) is 2.33. The first kappa shape index (κ1) is 20.1. The number of nitrogens with zero attached hydrogens (tertiary/aromatic N) is 3. The third-order valence-electron chi connectivity index (χ3n) is 5.19. The van der Waals surface area contributed by atoms with Crippen molar-refractivity contribution in [3.8, 4) is 0 Å². The summed E-state index contributed by atoms with van der Waals surface area (Å²) in [5, 5.41) is 16.5. The molecule has 0 atom stereocenters. The van der Waals surface area contributed by atoms with Gasteiger partial charge in [-0.1, -0.05) is 24.7 Å². The Morgan fingerprint density at radius 1 is 1.36 bits per heavy atom. The highest BCUT2D eigenvalue weighted by atomic mass is 32.1. The number of carbonyl (C=O) groups excluding carboxylic acids is 1. The van der Waals surface area contributed by atoms with E-state index in [1.54, 1.807) is 19.1 Å². The van der Waals surface area contributed by atoms with Gasteiger partial charge in [0.05, 0.1) is 6.54 Å². The second kappa shape index (κ2) is 8.14. The molecule has 1 aliphatic carbocycles. The van der Waals surface area contributed by atoms with E-state index in [1.165, 1.54) is 15.9 Å². The third-order valence-corrected chi connectivity index (χ3v) is 5.48. The smallest absolute Gasteiger partial charge is 0.254 e. The Labute approximate surface area is 168 Å².